The molecule has 0 bridgehead atoms. The Hall–Kier alpha value is -5.78. The Morgan fingerprint density at radius 2 is 1.00 bits per heavy atom. The largest absolute Gasteiger partial charge is 0.309 e. The second kappa shape index (κ2) is 9.61. The molecule has 5 heteroatoms. The zero-order valence-electron chi connectivity index (χ0n) is 26.1. The van der Waals surface area contributed by atoms with Crippen LogP contribution in [0.5, 0.6) is 0 Å². The lowest BCUT2D eigenvalue weighted by Crippen LogP contribution is -2.50. The van der Waals surface area contributed by atoms with Gasteiger partial charge in [0.2, 0.25) is 5.95 Å². The van der Waals surface area contributed by atoms with Crippen molar-refractivity contribution in [1.29, 1.82) is 0 Å². The van der Waals surface area contributed by atoms with Crippen molar-refractivity contribution in [2.24, 2.45) is 0 Å². The molecular formula is C42H30N4Si. The summed E-state index contributed by atoms with van der Waals surface area (Å²) in [6, 6.07) is 52.2. The first kappa shape index (κ1) is 26.4. The van der Waals surface area contributed by atoms with Crippen molar-refractivity contribution < 1.29 is 0 Å². The highest BCUT2D eigenvalue weighted by atomic mass is 28.3. The third-order valence-corrected chi connectivity index (χ3v) is 13.6. The molecule has 0 saturated heterocycles. The number of rotatable bonds is 3. The average Bonchev–Trinajstić information content (AvgIpc) is 3.72. The maximum atomic E-state index is 5.51. The van der Waals surface area contributed by atoms with Crippen LogP contribution in [0.1, 0.15) is 0 Å². The van der Waals surface area contributed by atoms with E-state index >= 15 is 0 Å². The van der Waals surface area contributed by atoms with Crippen LogP contribution >= 0.6 is 0 Å². The van der Waals surface area contributed by atoms with Gasteiger partial charge in [0.05, 0.1) is 33.5 Å². The number of aromatic nitrogens is 4. The topological polar surface area (TPSA) is 35.6 Å². The smallest absolute Gasteiger partial charge is 0.235 e. The summed E-state index contributed by atoms with van der Waals surface area (Å²) >= 11 is 0. The lowest BCUT2D eigenvalue weighted by molar-refractivity contribution is 1.00. The van der Waals surface area contributed by atoms with Crippen LogP contribution in [0, 0.1) is 0 Å². The summed E-state index contributed by atoms with van der Waals surface area (Å²) < 4.78 is 4.68. The fourth-order valence-corrected chi connectivity index (χ4v) is 11.3. The van der Waals surface area contributed by atoms with Crippen molar-refractivity contribution in [1.82, 2.24) is 19.1 Å². The third-order valence-electron chi connectivity index (χ3n) is 10.1. The van der Waals surface area contributed by atoms with Crippen LogP contribution in [0.4, 0.5) is 0 Å². The lowest BCUT2D eigenvalue weighted by Gasteiger charge is -2.21. The Bertz CT molecular complexity index is 2700. The number of nitrogens with zero attached hydrogens (tertiary/aromatic N) is 4. The van der Waals surface area contributed by atoms with Gasteiger partial charge in [-0.3, -0.25) is 4.57 Å². The molecule has 47 heavy (non-hydrogen) atoms. The van der Waals surface area contributed by atoms with Crippen molar-refractivity contribution in [3.63, 3.8) is 0 Å². The summed E-state index contributed by atoms with van der Waals surface area (Å²) in [7, 11) is -2.06. The Kier molecular flexibility index (Phi) is 5.41. The molecule has 4 nitrogen and oxygen atoms in total. The molecule has 222 valence electrons. The van der Waals surface area contributed by atoms with Gasteiger partial charge in [0.1, 0.15) is 8.07 Å². The Morgan fingerprint density at radius 3 is 1.70 bits per heavy atom. The standard InChI is InChI=1S/C42H30N4Si/c1-47(2)36-24-14-11-21-31(36)40-41(47)39(27-15-5-3-6-16-27)43-42(44-40)46-33-23-13-10-20-30(33)38-35(46)26-25-34-37(38)29-19-9-12-22-32(29)45(34)28-17-7-4-8-18-28/h3-26H,1-2H3. The van der Waals surface area contributed by atoms with E-state index in [0.717, 1.165) is 33.7 Å². The van der Waals surface area contributed by atoms with Crippen molar-refractivity contribution in [3.8, 4) is 34.2 Å². The van der Waals surface area contributed by atoms with E-state index in [0.29, 0.717) is 5.95 Å². The van der Waals surface area contributed by atoms with E-state index in [1.54, 1.807) is 0 Å². The molecule has 9 aromatic rings. The van der Waals surface area contributed by atoms with Crippen LogP contribution < -0.4 is 10.4 Å². The number of hydrogen-bond acceptors (Lipinski definition) is 2. The molecule has 0 aliphatic carbocycles. The lowest BCUT2D eigenvalue weighted by atomic mass is 10.1. The van der Waals surface area contributed by atoms with Gasteiger partial charge in [0, 0.05) is 32.8 Å². The first-order valence-corrected chi connectivity index (χ1v) is 19.2. The SMILES string of the molecule is C[Si]1(C)c2ccccc2-c2nc(-n3c4ccccc4c4c5c6ccccc6n(-c6ccccc6)c5ccc43)nc(-c3ccccc3)c21. The minimum absolute atomic E-state index is 0.710. The zero-order valence-corrected chi connectivity index (χ0v) is 27.1. The first-order valence-electron chi connectivity index (χ1n) is 16.2. The Morgan fingerprint density at radius 1 is 0.468 bits per heavy atom. The number of fused-ring (bicyclic) bond motifs is 10. The third kappa shape index (κ3) is 3.57. The van der Waals surface area contributed by atoms with E-state index in [9.17, 15) is 0 Å². The molecule has 1 aliphatic heterocycles. The van der Waals surface area contributed by atoms with E-state index in [1.807, 2.05) is 0 Å². The molecule has 0 saturated carbocycles. The van der Waals surface area contributed by atoms with Crippen LogP contribution in [0.3, 0.4) is 0 Å². The summed E-state index contributed by atoms with van der Waals surface area (Å²) in [5, 5.41) is 7.66. The molecule has 3 aromatic heterocycles. The molecule has 0 N–H and O–H groups in total. The first-order chi connectivity index (χ1) is 23.1. The molecule has 0 unspecified atom stereocenters. The van der Waals surface area contributed by atoms with Gasteiger partial charge in [0.15, 0.2) is 0 Å². The fourth-order valence-electron chi connectivity index (χ4n) is 8.10. The van der Waals surface area contributed by atoms with Crippen molar-refractivity contribution in [3.05, 3.63) is 146 Å². The molecular weight excluding hydrogens is 589 g/mol. The maximum absolute atomic E-state index is 5.51. The molecule has 0 atom stereocenters. The van der Waals surface area contributed by atoms with E-state index < -0.39 is 8.07 Å². The molecule has 0 fully saturated rings. The molecule has 1 aliphatic rings. The van der Waals surface area contributed by atoms with Gasteiger partial charge >= 0.3 is 0 Å². The van der Waals surface area contributed by atoms with E-state index in [2.05, 4.69) is 168 Å². The highest BCUT2D eigenvalue weighted by molar-refractivity contribution is 7.04. The Balaban J connectivity index is 1.36. The number of hydrogen-bond donors (Lipinski definition) is 0. The second-order valence-electron chi connectivity index (χ2n) is 13.0. The summed E-state index contributed by atoms with van der Waals surface area (Å²) in [4.78, 5) is 11.0. The van der Waals surface area contributed by atoms with Gasteiger partial charge in [0.25, 0.3) is 0 Å². The summed E-state index contributed by atoms with van der Waals surface area (Å²) in [6.45, 7) is 4.87. The van der Waals surface area contributed by atoms with Gasteiger partial charge in [-0.05, 0) is 52.3 Å². The second-order valence-corrected chi connectivity index (χ2v) is 17.3. The summed E-state index contributed by atoms with van der Waals surface area (Å²) in [6.07, 6.45) is 0. The van der Waals surface area contributed by atoms with Crippen molar-refractivity contribution >= 4 is 62.1 Å². The van der Waals surface area contributed by atoms with Gasteiger partial charge in [-0.15, -0.1) is 0 Å². The predicted octanol–water partition coefficient (Wildman–Crippen LogP) is 9.14. The van der Waals surface area contributed by atoms with E-state index in [4.69, 9.17) is 9.97 Å². The van der Waals surface area contributed by atoms with Crippen LogP contribution in [-0.2, 0) is 0 Å². The monoisotopic (exact) mass is 618 g/mol. The van der Waals surface area contributed by atoms with Crippen LogP contribution in [0.2, 0.25) is 13.1 Å². The molecule has 0 spiro atoms. The minimum Gasteiger partial charge on any atom is -0.309 e. The maximum Gasteiger partial charge on any atom is 0.235 e. The molecule has 6 aromatic carbocycles. The average molecular weight is 619 g/mol. The quantitative estimate of drug-likeness (QED) is 0.185. The van der Waals surface area contributed by atoms with E-state index in [1.165, 1.54) is 48.5 Å². The molecule has 10 rings (SSSR count). The van der Waals surface area contributed by atoms with Gasteiger partial charge in [-0.2, -0.15) is 0 Å². The normalized spacial score (nSPS) is 13.5. The van der Waals surface area contributed by atoms with Gasteiger partial charge in [-0.1, -0.05) is 122 Å². The van der Waals surface area contributed by atoms with Crippen LogP contribution in [0.15, 0.2) is 146 Å². The highest BCUT2D eigenvalue weighted by Crippen LogP contribution is 2.42. The summed E-state index contributed by atoms with van der Waals surface area (Å²) in [5.41, 5.74) is 10.3. The Labute approximate surface area is 273 Å². The zero-order chi connectivity index (χ0) is 31.3. The molecule has 0 radical (unpaired) electrons. The van der Waals surface area contributed by atoms with E-state index in [-0.39, 0.29) is 0 Å². The highest BCUT2D eigenvalue weighted by Gasteiger charge is 2.42. The summed E-state index contributed by atoms with van der Waals surface area (Å²) in [5.74, 6) is 0.710. The fraction of sp³-hybridized carbons (Fsp3) is 0.0476. The molecule has 0 amide bonds. The predicted molar refractivity (Wildman–Crippen MR) is 198 cm³/mol. The number of benzene rings is 6. The minimum atomic E-state index is -2.06. The van der Waals surface area contributed by atoms with Crippen molar-refractivity contribution in [2.45, 2.75) is 13.1 Å². The van der Waals surface area contributed by atoms with Crippen LogP contribution in [0.25, 0.3) is 77.8 Å². The van der Waals surface area contributed by atoms with Gasteiger partial charge in [-0.25, -0.2) is 9.97 Å². The number of para-hydroxylation sites is 3. The van der Waals surface area contributed by atoms with Crippen molar-refractivity contribution in [2.75, 3.05) is 0 Å². The van der Waals surface area contributed by atoms with Gasteiger partial charge < -0.3 is 4.57 Å². The van der Waals surface area contributed by atoms with Crippen LogP contribution in [-0.4, -0.2) is 27.2 Å². The molecule has 4 heterocycles.